The maximum atomic E-state index is 5.42. The average Bonchev–Trinajstić information content (AvgIpc) is 3.24. The van der Waals surface area contributed by atoms with Gasteiger partial charge in [0.25, 0.3) is 0 Å². The second-order valence-electron chi connectivity index (χ2n) is 5.85. The third-order valence-corrected chi connectivity index (χ3v) is 5.03. The Morgan fingerprint density at radius 1 is 1.43 bits per heavy atom. The van der Waals surface area contributed by atoms with E-state index in [-0.39, 0.29) is 0 Å². The molecule has 0 unspecified atom stereocenters. The van der Waals surface area contributed by atoms with Gasteiger partial charge >= 0.3 is 0 Å². The zero-order valence-corrected chi connectivity index (χ0v) is 14.6. The standard InChI is InChI=1S/C16H24N4O2S/c1-3-14-10-19(5-6-20(14)7-8-21-2)11-15-17-16(18-22-15)13-4-9-23-12-13/h4,9,12,14H,3,5-8,10-11H2,1-2H3/t14-/m1/s1. The Hall–Kier alpha value is -1.28. The minimum absolute atomic E-state index is 0.568. The van der Waals surface area contributed by atoms with Crippen molar-refractivity contribution in [3.63, 3.8) is 0 Å². The van der Waals surface area contributed by atoms with Gasteiger partial charge in [0.1, 0.15) is 0 Å². The molecule has 1 aliphatic heterocycles. The zero-order chi connectivity index (χ0) is 16.1. The number of aromatic nitrogens is 2. The van der Waals surface area contributed by atoms with Crippen LogP contribution in [0.25, 0.3) is 11.4 Å². The second kappa shape index (κ2) is 8.01. The van der Waals surface area contributed by atoms with E-state index < -0.39 is 0 Å². The van der Waals surface area contributed by atoms with E-state index in [1.807, 2.05) is 16.8 Å². The van der Waals surface area contributed by atoms with Gasteiger partial charge in [-0.05, 0) is 17.9 Å². The molecule has 1 aliphatic rings. The predicted octanol–water partition coefficient (Wildman–Crippen LogP) is 2.34. The summed E-state index contributed by atoms with van der Waals surface area (Å²) in [6.45, 7) is 7.90. The van der Waals surface area contributed by atoms with Crippen LogP contribution in [0.15, 0.2) is 21.3 Å². The third kappa shape index (κ3) is 4.17. The van der Waals surface area contributed by atoms with Gasteiger partial charge in [-0.25, -0.2) is 0 Å². The second-order valence-corrected chi connectivity index (χ2v) is 6.63. The molecular formula is C16H24N4O2S. The average molecular weight is 336 g/mol. The summed E-state index contributed by atoms with van der Waals surface area (Å²) < 4.78 is 10.6. The van der Waals surface area contributed by atoms with Crippen molar-refractivity contribution in [2.24, 2.45) is 0 Å². The highest BCUT2D eigenvalue weighted by atomic mass is 32.1. The van der Waals surface area contributed by atoms with Crippen LogP contribution in [0, 0.1) is 0 Å². The number of hydrogen-bond acceptors (Lipinski definition) is 7. The first-order valence-electron chi connectivity index (χ1n) is 8.10. The molecule has 1 fully saturated rings. The lowest BCUT2D eigenvalue weighted by Gasteiger charge is -2.40. The quantitative estimate of drug-likeness (QED) is 0.773. The van der Waals surface area contributed by atoms with Gasteiger partial charge in [0.15, 0.2) is 0 Å². The molecular weight excluding hydrogens is 312 g/mol. The van der Waals surface area contributed by atoms with Gasteiger partial charge in [-0.2, -0.15) is 16.3 Å². The first kappa shape index (κ1) is 16.6. The number of thiophene rings is 1. The van der Waals surface area contributed by atoms with Crippen molar-refractivity contribution in [1.29, 1.82) is 0 Å². The highest BCUT2D eigenvalue weighted by molar-refractivity contribution is 7.08. The number of rotatable bonds is 7. The first-order valence-corrected chi connectivity index (χ1v) is 9.05. The van der Waals surface area contributed by atoms with Crippen molar-refractivity contribution < 1.29 is 9.26 Å². The summed E-state index contributed by atoms with van der Waals surface area (Å²) in [6, 6.07) is 2.58. The highest BCUT2D eigenvalue weighted by Crippen LogP contribution is 2.20. The van der Waals surface area contributed by atoms with Gasteiger partial charge in [-0.15, -0.1) is 0 Å². The van der Waals surface area contributed by atoms with Crippen molar-refractivity contribution in [2.45, 2.75) is 25.9 Å². The lowest BCUT2D eigenvalue weighted by molar-refractivity contribution is 0.0423. The summed E-state index contributed by atoms with van der Waals surface area (Å²) >= 11 is 1.64. The molecule has 0 aromatic carbocycles. The van der Waals surface area contributed by atoms with Gasteiger partial charge in [-0.1, -0.05) is 12.1 Å². The van der Waals surface area contributed by atoms with E-state index in [0.29, 0.717) is 17.8 Å². The fourth-order valence-corrected chi connectivity index (χ4v) is 3.64. The molecule has 3 rings (SSSR count). The molecule has 0 amide bonds. The minimum atomic E-state index is 0.568. The van der Waals surface area contributed by atoms with E-state index in [0.717, 1.165) is 51.3 Å². The summed E-state index contributed by atoms with van der Waals surface area (Å²) in [6.07, 6.45) is 1.14. The lowest BCUT2D eigenvalue weighted by Crippen LogP contribution is -2.53. The summed E-state index contributed by atoms with van der Waals surface area (Å²) in [5.41, 5.74) is 1.03. The van der Waals surface area contributed by atoms with Gasteiger partial charge in [0.2, 0.25) is 11.7 Å². The lowest BCUT2D eigenvalue weighted by atomic mass is 10.1. The Morgan fingerprint density at radius 2 is 2.35 bits per heavy atom. The molecule has 0 radical (unpaired) electrons. The van der Waals surface area contributed by atoms with Crippen LogP contribution in [0.4, 0.5) is 0 Å². The molecule has 0 N–H and O–H groups in total. The molecule has 0 saturated carbocycles. The smallest absolute Gasteiger partial charge is 0.241 e. The summed E-state index contributed by atoms with van der Waals surface area (Å²) in [4.78, 5) is 9.44. The van der Waals surface area contributed by atoms with E-state index >= 15 is 0 Å². The van der Waals surface area contributed by atoms with Crippen LogP contribution in [0.5, 0.6) is 0 Å². The van der Waals surface area contributed by atoms with Crippen LogP contribution in [-0.4, -0.2) is 65.9 Å². The molecule has 126 valence electrons. The Balaban J connectivity index is 1.57. The Labute approximate surface area is 141 Å². The molecule has 6 nitrogen and oxygen atoms in total. The van der Waals surface area contributed by atoms with E-state index in [1.54, 1.807) is 18.4 Å². The number of hydrogen-bond donors (Lipinski definition) is 0. The van der Waals surface area contributed by atoms with Crippen LogP contribution in [-0.2, 0) is 11.3 Å². The summed E-state index contributed by atoms with van der Waals surface area (Å²) in [7, 11) is 1.76. The van der Waals surface area contributed by atoms with Crippen LogP contribution in [0.2, 0.25) is 0 Å². The maximum Gasteiger partial charge on any atom is 0.241 e. The van der Waals surface area contributed by atoms with Crippen LogP contribution in [0.1, 0.15) is 19.2 Å². The van der Waals surface area contributed by atoms with Crippen molar-refractivity contribution >= 4 is 11.3 Å². The SMILES string of the molecule is CC[C@@H]1CN(Cc2nc(-c3ccsc3)no2)CCN1CCOC. The monoisotopic (exact) mass is 336 g/mol. The molecule has 1 atom stereocenters. The van der Waals surface area contributed by atoms with E-state index in [2.05, 4.69) is 26.9 Å². The van der Waals surface area contributed by atoms with Crippen molar-refractivity contribution in [3.05, 3.63) is 22.7 Å². The third-order valence-electron chi connectivity index (χ3n) is 4.35. The number of piperazine rings is 1. The van der Waals surface area contributed by atoms with Crippen LogP contribution in [0.3, 0.4) is 0 Å². The fourth-order valence-electron chi connectivity index (χ4n) is 3.01. The van der Waals surface area contributed by atoms with E-state index in [4.69, 9.17) is 9.26 Å². The molecule has 2 aromatic heterocycles. The molecule has 0 aliphatic carbocycles. The van der Waals surface area contributed by atoms with Crippen molar-refractivity contribution in [3.8, 4) is 11.4 Å². The maximum absolute atomic E-state index is 5.42. The van der Waals surface area contributed by atoms with Gasteiger partial charge in [-0.3, -0.25) is 9.80 Å². The first-order chi connectivity index (χ1) is 11.3. The zero-order valence-electron chi connectivity index (χ0n) is 13.8. The van der Waals surface area contributed by atoms with Crippen molar-refractivity contribution in [1.82, 2.24) is 19.9 Å². The van der Waals surface area contributed by atoms with Crippen molar-refractivity contribution in [2.75, 3.05) is 39.9 Å². The topological polar surface area (TPSA) is 54.6 Å². The largest absolute Gasteiger partial charge is 0.383 e. The molecule has 2 aromatic rings. The summed E-state index contributed by atoms with van der Waals surface area (Å²) in [5.74, 6) is 1.39. The molecule has 1 saturated heterocycles. The predicted molar refractivity (Wildman–Crippen MR) is 90.4 cm³/mol. The summed E-state index contributed by atoms with van der Waals surface area (Å²) in [5, 5.41) is 8.15. The normalized spacial score (nSPS) is 20.2. The Morgan fingerprint density at radius 3 is 3.09 bits per heavy atom. The fraction of sp³-hybridized carbons (Fsp3) is 0.625. The number of methoxy groups -OCH3 is 1. The van der Waals surface area contributed by atoms with Gasteiger partial charge < -0.3 is 9.26 Å². The molecule has 0 spiro atoms. The molecule has 23 heavy (non-hydrogen) atoms. The Bertz CT molecular complexity index is 587. The Kier molecular flexibility index (Phi) is 5.77. The number of nitrogens with zero attached hydrogens (tertiary/aromatic N) is 4. The van der Waals surface area contributed by atoms with Gasteiger partial charge in [0.05, 0.1) is 13.2 Å². The minimum Gasteiger partial charge on any atom is -0.383 e. The molecule has 7 heteroatoms. The van der Waals surface area contributed by atoms with E-state index in [1.165, 1.54) is 0 Å². The number of ether oxygens (including phenoxy) is 1. The van der Waals surface area contributed by atoms with Crippen LogP contribution < -0.4 is 0 Å². The molecule has 3 heterocycles. The van der Waals surface area contributed by atoms with E-state index in [9.17, 15) is 0 Å². The highest BCUT2D eigenvalue weighted by Gasteiger charge is 2.26. The van der Waals surface area contributed by atoms with Gasteiger partial charge in [0, 0.05) is 50.3 Å². The van der Waals surface area contributed by atoms with Crippen LogP contribution >= 0.6 is 11.3 Å². The molecule has 0 bridgehead atoms.